The van der Waals surface area contributed by atoms with E-state index in [1.165, 1.54) is 0 Å². The summed E-state index contributed by atoms with van der Waals surface area (Å²) >= 11 is 0. The molecule has 0 spiro atoms. The van der Waals surface area contributed by atoms with Crippen LogP contribution in [0.25, 0.3) is 0 Å². The van der Waals surface area contributed by atoms with Crippen molar-refractivity contribution >= 4 is 0 Å². The SMILES string of the molecule is C=CCC(O)CNC. The van der Waals surface area contributed by atoms with E-state index in [1.54, 1.807) is 6.08 Å². The Hall–Kier alpha value is -0.340. The van der Waals surface area contributed by atoms with Crippen LogP contribution >= 0.6 is 0 Å². The number of rotatable bonds is 4. The van der Waals surface area contributed by atoms with Crippen LogP contribution in [0.4, 0.5) is 0 Å². The highest BCUT2D eigenvalue weighted by molar-refractivity contribution is 4.72. The van der Waals surface area contributed by atoms with Crippen molar-refractivity contribution in [3.05, 3.63) is 12.7 Å². The molecule has 0 aliphatic rings. The van der Waals surface area contributed by atoms with E-state index >= 15 is 0 Å². The Kier molecular flexibility index (Phi) is 4.61. The van der Waals surface area contributed by atoms with Gasteiger partial charge in [0, 0.05) is 6.54 Å². The third-order valence-corrected chi connectivity index (χ3v) is 0.878. The maximum Gasteiger partial charge on any atom is 0.0698 e. The third kappa shape index (κ3) is 3.84. The lowest BCUT2D eigenvalue weighted by Gasteiger charge is -2.04. The highest BCUT2D eigenvalue weighted by Gasteiger charge is 1.95. The Morgan fingerprint density at radius 2 is 2.50 bits per heavy atom. The molecule has 8 heavy (non-hydrogen) atoms. The summed E-state index contributed by atoms with van der Waals surface area (Å²) in [6.45, 7) is 4.14. The zero-order valence-corrected chi connectivity index (χ0v) is 5.22. The summed E-state index contributed by atoms with van der Waals surface area (Å²) in [7, 11) is 1.81. The number of hydrogen-bond donors (Lipinski definition) is 2. The number of hydrogen-bond acceptors (Lipinski definition) is 2. The number of aliphatic hydroxyl groups excluding tert-OH is 1. The minimum atomic E-state index is -0.266. The van der Waals surface area contributed by atoms with Gasteiger partial charge >= 0.3 is 0 Å². The molecule has 0 aliphatic carbocycles. The molecule has 0 rings (SSSR count). The van der Waals surface area contributed by atoms with Gasteiger partial charge in [0.2, 0.25) is 0 Å². The summed E-state index contributed by atoms with van der Waals surface area (Å²) in [5.74, 6) is 0. The summed E-state index contributed by atoms with van der Waals surface area (Å²) in [6, 6.07) is 0. The molecule has 1 atom stereocenters. The molecule has 48 valence electrons. The van der Waals surface area contributed by atoms with E-state index in [4.69, 9.17) is 5.11 Å². The van der Waals surface area contributed by atoms with Crippen molar-refractivity contribution in [1.29, 1.82) is 0 Å². The second-order valence-electron chi connectivity index (χ2n) is 1.74. The summed E-state index contributed by atoms with van der Waals surface area (Å²) in [5, 5.41) is 11.8. The smallest absolute Gasteiger partial charge is 0.0698 e. The third-order valence-electron chi connectivity index (χ3n) is 0.878. The molecule has 0 heterocycles. The van der Waals surface area contributed by atoms with Crippen molar-refractivity contribution in [1.82, 2.24) is 5.32 Å². The number of aliphatic hydroxyl groups is 1. The van der Waals surface area contributed by atoms with Crippen LogP contribution in [0.1, 0.15) is 6.42 Å². The van der Waals surface area contributed by atoms with Gasteiger partial charge in [0.1, 0.15) is 0 Å². The molecule has 2 heteroatoms. The Bertz CT molecular complexity index is 63.5. The maximum absolute atomic E-state index is 8.92. The molecular formula is C6H13NO. The Balaban J connectivity index is 3.03. The van der Waals surface area contributed by atoms with Crippen LogP contribution in [0.5, 0.6) is 0 Å². The molecule has 0 aromatic heterocycles. The molecule has 0 saturated heterocycles. The van der Waals surface area contributed by atoms with E-state index in [2.05, 4.69) is 11.9 Å². The van der Waals surface area contributed by atoms with Crippen LogP contribution in [-0.2, 0) is 0 Å². The number of likely N-dealkylation sites (N-methyl/N-ethyl adjacent to an activating group) is 1. The largest absolute Gasteiger partial charge is 0.391 e. The first-order chi connectivity index (χ1) is 3.81. The molecule has 0 aromatic carbocycles. The van der Waals surface area contributed by atoms with Crippen LogP contribution in [0.15, 0.2) is 12.7 Å². The van der Waals surface area contributed by atoms with Crippen LogP contribution in [0.2, 0.25) is 0 Å². The predicted molar refractivity (Wildman–Crippen MR) is 34.7 cm³/mol. The summed E-state index contributed by atoms with van der Waals surface area (Å²) in [4.78, 5) is 0. The molecule has 2 nitrogen and oxygen atoms in total. The fraction of sp³-hybridized carbons (Fsp3) is 0.667. The van der Waals surface area contributed by atoms with Gasteiger partial charge in [0.25, 0.3) is 0 Å². The van der Waals surface area contributed by atoms with Gasteiger partial charge in [0.05, 0.1) is 6.10 Å². The Morgan fingerprint density at radius 3 is 2.88 bits per heavy atom. The monoisotopic (exact) mass is 115 g/mol. The summed E-state index contributed by atoms with van der Waals surface area (Å²) < 4.78 is 0. The highest BCUT2D eigenvalue weighted by atomic mass is 16.3. The quantitative estimate of drug-likeness (QED) is 0.511. The average molecular weight is 115 g/mol. The van der Waals surface area contributed by atoms with Crippen molar-refractivity contribution < 1.29 is 5.11 Å². The normalized spacial score (nSPS) is 13.2. The Morgan fingerprint density at radius 1 is 1.88 bits per heavy atom. The molecule has 0 amide bonds. The molecule has 0 aromatic rings. The zero-order valence-electron chi connectivity index (χ0n) is 5.22. The standard InChI is InChI=1S/C6H13NO/c1-3-4-6(8)5-7-2/h3,6-8H,1,4-5H2,2H3. The van der Waals surface area contributed by atoms with Gasteiger partial charge in [-0.3, -0.25) is 0 Å². The fourth-order valence-corrected chi connectivity index (χ4v) is 0.511. The molecule has 0 radical (unpaired) electrons. The van der Waals surface area contributed by atoms with Gasteiger partial charge in [-0.2, -0.15) is 0 Å². The molecule has 0 saturated carbocycles. The first kappa shape index (κ1) is 7.66. The average Bonchev–Trinajstić information content (AvgIpc) is 1.68. The van der Waals surface area contributed by atoms with E-state index in [1.807, 2.05) is 7.05 Å². The van der Waals surface area contributed by atoms with Gasteiger partial charge < -0.3 is 10.4 Å². The zero-order chi connectivity index (χ0) is 6.41. The fourth-order valence-electron chi connectivity index (χ4n) is 0.511. The van der Waals surface area contributed by atoms with E-state index in [-0.39, 0.29) is 6.10 Å². The molecule has 0 bridgehead atoms. The van der Waals surface area contributed by atoms with Crippen LogP contribution in [0.3, 0.4) is 0 Å². The molecule has 1 unspecified atom stereocenters. The minimum absolute atomic E-state index is 0.266. The molecule has 2 N–H and O–H groups in total. The van der Waals surface area contributed by atoms with E-state index in [0.717, 1.165) is 0 Å². The molecule has 0 fully saturated rings. The lowest BCUT2D eigenvalue weighted by molar-refractivity contribution is 0.178. The van der Waals surface area contributed by atoms with Gasteiger partial charge in [0.15, 0.2) is 0 Å². The van der Waals surface area contributed by atoms with Gasteiger partial charge in [-0.15, -0.1) is 6.58 Å². The highest BCUT2D eigenvalue weighted by Crippen LogP contribution is 1.87. The number of nitrogens with one attached hydrogen (secondary N) is 1. The lowest BCUT2D eigenvalue weighted by atomic mass is 10.2. The van der Waals surface area contributed by atoms with Crippen molar-refractivity contribution in [2.75, 3.05) is 13.6 Å². The van der Waals surface area contributed by atoms with E-state index < -0.39 is 0 Å². The lowest BCUT2D eigenvalue weighted by Crippen LogP contribution is -2.22. The van der Waals surface area contributed by atoms with Crippen molar-refractivity contribution in [2.45, 2.75) is 12.5 Å². The van der Waals surface area contributed by atoms with Crippen molar-refractivity contribution in [2.24, 2.45) is 0 Å². The molecular weight excluding hydrogens is 102 g/mol. The van der Waals surface area contributed by atoms with Crippen molar-refractivity contribution in [3.8, 4) is 0 Å². The first-order valence-electron chi connectivity index (χ1n) is 2.74. The van der Waals surface area contributed by atoms with Gasteiger partial charge in [-0.05, 0) is 13.5 Å². The van der Waals surface area contributed by atoms with Crippen LogP contribution in [-0.4, -0.2) is 24.8 Å². The Labute approximate surface area is 50.2 Å². The second-order valence-corrected chi connectivity index (χ2v) is 1.74. The van der Waals surface area contributed by atoms with Crippen LogP contribution in [0, 0.1) is 0 Å². The topological polar surface area (TPSA) is 32.3 Å². The minimum Gasteiger partial charge on any atom is -0.391 e. The maximum atomic E-state index is 8.92. The van der Waals surface area contributed by atoms with E-state index in [9.17, 15) is 0 Å². The summed E-state index contributed by atoms with van der Waals surface area (Å²) in [5.41, 5.74) is 0. The van der Waals surface area contributed by atoms with Gasteiger partial charge in [-0.25, -0.2) is 0 Å². The van der Waals surface area contributed by atoms with E-state index in [0.29, 0.717) is 13.0 Å². The van der Waals surface area contributed by atoms with Crippen molar-refractivity contribution in [3.63, 3.8) is 0 Å². The van der Waals surface area contributed by atoms with Crippen LogP contribution < -0.4 is 5.32 Å². The molecule has 0 aliphatic heterocycles. The van der Waals surface area contributed by atoms with Gasteiger partial charge in [-0.1, -0.05) is 6.08 Å². The predicted octanol–water partition coefficient (Wildman–Crippen LogP) is 0.143. The second kappa shape index (κ2) is 4.81. The first-order valence-corrected chi connectivity index (χ1v) is 2.74. The summed E-state index contributed by atoms with van der Waals surface area (Å²) in [6.07, 6.45) is 2.11.